The predicted octanol–water partition coefficient (Wildman–Crippen LogP) is 3.81. The number of benzene rings is 2. The van der Waals surface area contributed by atoms with Gasteiger partial charge in [-0.15, -0.1) is 0 Å². The highest BCUT2D eigenvalue weighted by Gasteiger charge is 2.34. The van der Waals surface area contributed by atoms with Crippen molar-refractivity contribution in [2.24, 2.45) is 0 Å². The summed E-state index contributed by atoms with van der Waals surface area (Å²) in [6.07, 6.45) is 3.22. The van der Waals surface area contributed by atoms with Crippen LogP contribution in [0.1, 0.15) is 35.7 Å². The molecule has 0 radical (unpaired) electrons. The van der Waals surface area contributed by atoms with Gasteiger partial charge in [-0.05, 0) is 62.1 Å². The molecule has 4 heteroatoms. The number of piperidine rings is 1. The maximum Gasteiger partial charge on any atom is 0.253 e. The van der Waals surface area contributed by atoms with Crippen molar-refractivity contribution < 1.29 is 4.79 Å². The minimum absolute atomic E-state index is 0.161. The number of para-hydroxylation sites is 1. The van der Waals surface area contributed by atoms with Crippen LogP contribution in [0.3, 0.4) is 0 Å². The zero-order valence-corrected chi connectivity index (χ0v) is 16.6. The van der Waals surface area contributed by atoms with Crippen LogP contribution in [0.15, 0.2) is 48.5 Å². The molecule has 0 spiro atoms. The molecule has 0 saturated carbocycles. The van der Waals surface area contributed by atoms with Crippen LogP contribution in [0.25, 0.3) is 0 Å². The van der Waals surface area contributed by atoms with E-state index in [1.165, 1.54) is 11.3 Å². The van der Waals surface area contributed by atoms with Gasteiger partial charge in [0.1, 0.15) is 0 Å². The Morgan fingerprint density at radius 2 is 1.67 bits per heavy atom. The van der Waals surface area contributed by atoms with Crippen molar-refractivity contribution in [3.8, 4) is 0 Å². The van der Waals surface area contributed by atoms with Crippen molar-refractivity contribution in [1.29, 1.82) is 0 Å². The van der Waals surface area contributed by atoms with Crippen molar-refractivity contribution in [3.05, 3.63) is 59.7 Å². The Labute approximate surface area is 162 Å². The van der Waals surface area contributed by atoms with Gasteiger partial charge in [0.15, 0.2) is 0 Å². The first-order valence-electron chi connectivity index (χ1n) is 9.97. The van der Waals surface area contributed by atoms with E-state index in [1.807, 2.05) is 43.3 Å². The van der Waals surface area contributed by atoms with E-state index < -0.39 is 0 Å². The van der Waals surface area contributed by atoms with Crippen LogP contribution in [-0.2, 0) is 6.42 Å². The number of hydrogen-bond donors (Lipinski definition) is 0. The molecule has 0 N–H and O–H groups in total. The Balaban J connectivity index is 1.41. The first-order valence-corrected chi connectivity index (χ1v) is 9.97. The summed E-state index contributed by atoms with van der Waals surface area (Å²) in [5, 5.41) is 0. The third kappa shape index (κ3) is 3.41. The van der Waals surface area contributed by atoms with E-state index >= 15 is 0 Å². The Morgan fingerprint density at radius 3 is 2.33 bits per heavy atom. The lowest BCUT2D eigenvalue weighted by atomic mass is 10.0. The van der Waals surface area contributed by atoms with E-state index in [0.29, 0.717) is 12.1 Å². The quantitative estimate of drug-likeness (QED) is 0.830. The first kappa shape index (κ1) is 17.9. The SMILES string of the molecule is C[C@H]1Cc2ccccc2N1C1CCN(C(=O)c2ccc(N(C)C)cc2)CC1. The second-order valence-corrected chi connectivity index (χ2v) is 8.05. The lowest BCUT2D eigenvalue weighted by molar-refractivity contribution is 0.0711. The Hall–Kier alpha value is -2.49. The molecule has 2 aromatic rings. The molecule has 0 aromatic heterocycles. The molecule has 1 fully saturated rings. The van der Waals surface area contributed by atoms with Crippen LogP contribution in [0.5, 0.6) is 0 Å². The summed E-state index contributed by atoms with van der Waals surface area (Å²) in [6, 6.07) is 17.8. The van der Waals surface area contributed by atoms with Crippen LogP contribution >= 0.6 is 0 Å². The summed E-state index contributed by atoms with van der Waals surface area (Å²) in [4.78, 5) is 19.5. The Morgan fingerprint density at radius 1 is 1.00 bits per heavy atom. The summed E-state index contributed by atoms with van der Waals surface area (Å²) in [5.74, 6) is 0.161. The maximum absolute atomic E-state index is 12.9. The van der Waals surface area contributed by atoms with Crippen LogP contribution in [-0.4, -0.2) is 50.1 Å². The highest BCUT2D eigenvalue weighted by Crippen LogP contribution is 2.36. The zero-order valence-electron chi connectivity index (χ0n) is 16.6. The predicted molar refractivity (Wildman–Crippen MR) is 112 cm³/mol. The molecular weight excluding hydrogens is 334 g/mol. The molecule has 1 atom stereocenters. The van der Waals surface area contributed by atoms with Crippen molar-refractivity contribution in [3.63, 3.8) is 0 Å². The van der Waals surface area contributed by atoms with Crippen molar-refractivity contribution in [1.82, 2.24) is 4.90 Å². The fourth-order valence-electron chi connectivity index (χ4n) is 4.58. The fourth-order valence-corrected chi connectivity index (χ4v) is 4.58. The van der Waals surface area contributed by atoms with E-state index in [0.717, 1.165) is 43.6 Å². The van der Waals surface area contributed by atoms with E-state index in [1.54, 1.807) is 0 Å². The number of rotatable bonds is 3. The highest BCUT2D eigenvalue weighted by molar-refractivity contribution is 5.94. The molecule has 1 amide bonds. The molecule has 4 nitrogen and oxygen atoms in total. The smallest absolute Gasteiger partial charge is 0.253 e. The Bertz CT molecular complexity index is 807. The van der Waals surface area contributed by atoms with Gasteiger partial charge < -0.3 is 14.7 Å². The van der Waals surface area contributed by atoms with E-state index in [9.17, 15) is 4.79 Å². The maximum atomic E-state index is 12.9. The van der Waals surface area contributed by atoms with Crippen LogP contribution < -0.4 is 9.80 Å². The van der Waals surface area contributed by atoms with Gasteiger partial charge >= 0.3 is 0 Å². The number of fused-ring (bicyclic) bond motifs is 1. The molecule has 2 heterocycles. The second kappa shape index (κ2) is 7.26. The fraction of sp³-hybridized carbons (Fsp3) is 0.435. The molecular formula is C23H29N3O. The number of carbonyl (C=O) groups is 1. The lowest BCUT2D eigenvalue weighted by Gasteiger charge is -2.40. The summed E-state index contributed by atoms with van der Waals surface area (Å²) in [6.45, 7) is 4.00. The van der Waals surface area contributed by atoms with Gasteiger partial charge in [0.2, 0.25) is 0 Å². The normalized spacial score (nSPS) is 19.9. The third-order valence-corrected chi connectivity index (χ3v) is 6.04. The highest BCUT2D eigenvalue weighted by atomic mass is 16.2. The van der Waals surface area contributed by atoms with Crippen LogP contribution in [0, 0.1) is 0 Å². The molecule has 0 unspecified atom stereocenters. The van der Waals surface area contributed by atoms with E-state index in [2.05, 4.69) is 41.0 Å². The topological polar surface area (TPSA) is 26.8 Å². The van der Waals surface area contributed by atoms with Gasteiger partial charge in [-0.25, -0.2) is 0 Å². The van der Waals surface area contributed by atoms with Gasteiger partial charge in [-0.1, -0.05) is 18.2 Å². The summed E-state index contributed by atoms with van der Waals surface area (Å²) in [5.41, 5.74) is 4.77. The van der Waals surface area contributed by atoms with Crippen molar-refractivity contribution >= 4 is 17.3 Å². The van der Waals surface area contributed by atoms with Crippen molar-refractivity contribution in [2.45, 2.75) is 38.3 Å². The summed E-state index contributed by atoms with van der Waals surface area (Å²) < 4.78 is 0. The molecule has 2 aromatic carbocycles. The van der Waals surface area contributed by atoms with Gasteiger partial charge in [0.05, 0.1) is 0 Å². The molecule has 0 bridgehead atoms. The average molecular weight is 364 g/mol. The molecule has 2 aliphatic heterocycles. The standard InChI is InChI=1S/C23H29N3O/c1-17-16-19-6-4-5-7-22(19)26(17)21-12-14-25(15-13-21)23(27)18-8-10-20(11-9-18)24(2)3/h4-11,17,21H,12-16H2,1-3H3/t17-/m0/s1. The van der Waals surface area contributed by atoms with E-state index in [-0.39, 0.29) is 5.91 Å². The monoisotopic (exact) mass is 363 g/mol. The molecule has 27 heavy (non-hydrogen) atoms. The van der Waals surface area contributed by atoms with Gasteiger partial charge in [-0.2, -0.15) is 0 Å². The van der Waals surface area contributed by atoms with Gasteiger partial charge in [0, 0.05) is 56.2 Å². The summed E-state index contributed by atoms with van der Waals surface area (Å²) >= 11 is 0. The number of anilines is 2. The zero-order chi connectivity index (χ0) is 19.0. The van der Waals surface area contributed by atoms with Gasteiger partial charge in [0.25, 0.3) is 5.91 Å². The number of likely N-dealkylation sites (tertiary alicyclic amines) is 1. The van der Waals surface area contributed by atoms with Gasteiger partial charge in [-0.3, -0.25) is 4.79 Å². The molecule has 1 saturated heterocycles. The Kier molecular flexibility index (Phi) is 4.81. The summed E-state index contributed by atoms with van der Waals surface area (Å²) in [7, 11) is 4.03. The third-order valence-electron chi connectivity index (χ3n) is 6.04. The minimum atomic E-state index is 0.161. The van der Waals surface area contributed by atoms with Crippen molar-refractivity contribution in [2.75, 3.05) is 37.0 Å². The number of carbonyl (C=O) groups excluding carboxylic acids is 1. The molecule has 0 aliphatic carbocycles. The largest absolute Gasteiger partial charge is 0.378 e. The van der Waals surface area contributed by atoms with Crippen LogP contribution in [0.2, 0.25) is 0 Å². The average Bonchev–Trinajstić information content (AvgIpc) is 3.03. The minimum Gasteiger partial charge on any atom is -0.378 e. The molecule has 2 aliphatic rings. The second-order valence-electron chi connectivity index (χ2n) is 8.05. The number of hydrogen-bond acceptors (Lipinski definition) is 3. The first-order chi connectivity index (χ1) is 13.0. The lowest BCUT2D eigenvalue weighted by Crippen LogP contribution is -2.48. The van der Waals surface area contributed by atoms with E-state index in [4.69, 9.17) is 0 Å². The molecule has 4 rings (SSSR count). The number of nitrogens with zero attached hydrogens (tertiary/aromatic N) is 3. The van der Waals surface area contributed by atoms with Crippen LogP contribution in [0.4, 0.5) is 11.4 Å². The number of amides is 1. The molecule has 142 valence electrons.